The van der Waals surface area contributed by atoms with Crippen LogP contribution in [0.3, 0.4) is 0 Å². The Kier molecular flexibility index (Phi) is 6.20. The van der Waals surface area contributed by atoms with Crippen LogP contribution in [-0.2, 0) is 6.54 Å². The highest BCUT2D eigenvalue weighted by atomic mass is 32.1. The van der Waals surface area contributed by atoms with Crippen molar-refractivity contribution in [1.82, 2.24) is 39.6 Å². The highest BCUT2D eigenvalue weighted by molar-refractivity contribution is 7.21. The number of rotatable bonds is 8. The fourth-order valence-electron chi connectivity index (χ4n) is 4.71. The van der Waals surface area contributed by atoms with Crippen LogP contribution in [0.5, 0.6) is 0 Å². The molecular weight excluding hydrogens is 496 g/mol. The SMILES string of the molecule is O=C(NCCN1CCCC1)c1cnc2c(c1)[nH]c(=O)c1c2nn2cc(-c3cnn(CC(O)CO)c3)sc12. The summed E-state index contributed by atoms with van der Waals surface area (Å²) >= 11 is 1.39. The van der Waals surface area contributed by atoms with Crippen molar-refractivity contribution in [2.75, 3.05) is 32.8 Å². The molecule has 0 saturated carbocycles. The fourth-order valence-corrected chi connectivity index (χ4v) is 5.77. The minimum atomic E-state index is -0.891. The van der Waals surface area contributed by atoms with Crippen LogP contribution in [-0.4, -0.2) is 89.3 Å². The van der Waals surface area contributed by atoms with E-state index in [1.54, 1.807) is 27.7 Å². The van der Waals surface area contributed by atoms with Gasteiger partial charge < -0.3 is 25.4 Å². The summed E-state index contributed by atoms with van der Waals surface area (Å²) in [7, 11) is 0. The third kappa shape index (κ3) is 4.50. The smallest absolute Gasteiger partial charge is 0.261 e. The molecule has 1 atom stereocenters. The van der Waals surface area contributed by atoms with E-state index < -0.39 is 6.10 Å². The quantitative estimate of drug-likeness (QED) is 0.234. The first kappa shape index (κ1) is 23.7. The predicted molar refractivity (Wildman–Crippen MR) is 139 cm³/mol. The molecule has 1 fully saturated rings. The van der Waals surface area contributed by atoms with Crippen LogP contribution >= 0.6 is 11.3 Å². The largest absolute Gasteiger partial charge is 0.394 e. The van der Waals surface area contributed by atoms with Crippen LogP contribution in [0, 0.1) is 0 Å². The number of pyridine rings is 2. The Morgan fingerprint density at radius 1 is 1.22 bits per heavy atom. The number of aliphatic hydroxyl groups is 2. The number of likely N-dealkylation sites (tertiary alicyclic amines) is 1. The molecule has 192 valence electrons. The Hall–Kier alpha value is -3.65. The van der Waals surface area contributed by atoms with Gasteiger partial charge in [0, 0.05) is 37.2 Å². The third-order valence-corrected chi connectivity index (χ3v) is 7.75. The van der Waals surface area contributed by atoms with Gasteiger partial charge in [0.15, 0.2) is 0 Å². The molecule has 6 heterocycles. The molecule has 0 aliphatic carbocycles. The molecule has 5 aromatic heterocycles. The zero-order chi connectivity index (χ0) is 25.5. The number of carbonyl (C=O) groups excluding carboxylic acids is 1. The van der Waals surface area contributed by atoms with Gasteiger partial charge in [-0.15, -0.1) is 11.3 Å². The molecule has 37 heavy (non-hydrogen) atoms. The van der Waals surface area contributed by atoms with Gasteiger partial charge in [0.2, 0.25) is 0 Å². The van der Waals surface area contributed by atoms with Crippen molar-refractivity contribution in [3.63, 3.8) is 0 Å². The summed E-state index contributed by atoms with van der Waals surface area (Å²) in [5.74, 6) is -0.225. The normalized spacial score (nSPS) is 15.3. The predicted octanol–water partition coefficient (Wildman–Crippen LogP) is 0.828. The average Bonchev–Trinajstić information content (AvgIpc) is 3.68. The van der Waals surface area contributed by atoms with E-state index in [0.717, 1.165) is 30.1 Å². The molecule has 5 aromatic rings. The molecule has 0 bridgehead atoms. The molecule has 1 saturated heterocycles. The lowest BCUT2D eigenvalue weighted by molar-refractivity contribution is 0.0783. The lowest BCUT2D eigenvalue weighted by Crippen LogP contribution is -2.33. The maximum absolute atomic E-state index is 13.1. The number of hydrogen-bond acceptors (Lipinski definition) is 9. The standard InChI is InChI=1S/C24H26N8O4S/c33-13-16(34)11-31-10-15(9-27-31)18-12-32-24(37-18)19-21(29-32)20-17(28-23(19)36)7-14(8-26-20)22(35)25-3-6-30-4-1-2-5-30/h7-10,12,16,33-34H,1-6,11,13H2,(H,25,35)(H,28,36). The molecule has 1 aliphatic rings. The van der Waals surface area contributed by atoms with Crippen molar-refractivity contribution >= 4 is 44.0 Å². The molecule has 0 radical (unpaired) electrons. The van der Waals surface area contributed by atoms with Crippen LogP contribution in [0.15, 0.2) is 35.6 Å². The molecule has 4 N–H and O–H groups in total. The Balaban J connectivity index is 1.27. The van der Waals surface area contributed by atoms with Gasteiger partial charge in [0.1, 0.15) is 21.3 Å². The lowest BCUT2D eigenvalue weighted by Gasteiger charge is -2.14. The van der Waals surface area contributed by atoms with Crippen molar-refractivity contribution in [3.8, 4) is 10.4 Å². The third-order valence-electron chi connectivity index (χ3n) is 6.60. The summed E-state index contributed by atoms with van der Waals surface area (Å²) in [6, 6.07) is 1.64. The molecule has 6 rings (SSSR count). The molecule has 1 unspecified atom stereocenters. The summed E-state index contributed by atoms with van der Waals surface area (Å²) in [5.41, 5.74) is 2.34. The monoisotopic (exact) mass is 522 g/mol. The van der Waals surface area contributed by atoms with Gasteiger partial charge in [-0.25, -0.2) is 4.52 Å². The van der Waals surface area contributed by atoms with Crippen molar-refractivity contribution in [1.29, 1.82) is 0 Å². The lowest BCUT2D eigenvalue weighted by atomic mass is 10.2. The van der Waals surface area contributed by atoms with Gasteiger partial charge in [-0.1, -0.05) is 0 Å². The van der Waals surface area contributed by atoms with Crippen molar-refractivity contribution in [2.24, 2.45) is 0 Å². The number of aromatic nitrogens is 6. The van der Waals surface area contributed by atoms with E-state index in [2.05, 4.69) is 30.4 Å². The number of hydrogen-bond donors (Lipinski definition) is 4. The number of carbonyl (C=O) groups is 1. The summed E-state index contributed by atoms with van der Waals surface area (Å²) in [4.78, 5) is 36.9. The van der Waals surface area contributed by atoms with E-state index >= 15 is 0 Å². The molecule has 0 spiro atoms. The first-order valence-corrected chi connectivity index (χ1v) is 13.0. The number of thiazole rings is 1. The molecule has 0 aromatic carbocycles. The summed E-state index contributed by atoms with van der Waals surface area (Å²) in [6.07, 6.45) is 8.29. The first-order valence-electron chi connectivity index (χ1n) is 12.2. The Bertz CT molecular complexity index is 1660. The van der Waals surface area contributed by atoms with Gasteiger partial charge in [0.25, 0.3) is 11.5 Å². The average molecular weight is 523 g/mol. The molecule has 1 aliphatic heterocycles. The van der Waals surface area contributed by atoms with Crippen molar-refractivity contribution < 1.29 is 15.0 Å². The van der Waals surface area contributed by atoms with E-state index in [-0.39, 0.29) is 24.6 Å². The minimum Gasteiger partial charge on any atom is -0.394 e. The fraction of sp³-hybridized carbons (Fsp3) is 0.375. The number of nitrogens with one attached hydrogen (secondary N) is 2. The molecule has 12 nitrogen and oxygen atoms in total. The van der Waals surface area contributed by atoms with Gasteiger partial charge in [-0.05, 0) is 32.0 Å². The number of H-pyrrole nitrogens is 1. The number of nitrogens with zero attached hydrogens (tertiary/aromatic N) is 6. The maximum atomic E-state index is 13.1. The van der Waals surface area contributed by atoms with Gasteiger partial charge in [0.05, 0.1) is 41.4 Å². The first-order chi connectivity index (χ1) is 18.0. The van der Waals surface area contributed by atoms with Gasteiger partial charge in [-0.2, -0.15) is 10.2 Å². The zero-order valence-corrected chi connectivity index (χ0v) is 20.7. The van der Waals surface area contributed by atoms with E-state index in [1.807, 2.05) is 6.20 Å². The second-order valence-electron chi connectivity index (χ2n) is 9.24. The van der Waals surface area contributed by atoms with Crippen LogP contribution in [0.4, 0.5) is 0 Å². The van der Waals surface area contributed by atoms with Crippen LogP contribution in [0.2, 0.25) is 0 Å². The van der Waals surface area contributed by atoms with Crippen LogP contribution in [0.25, 0.3) is 37.2 Å². The second kappa shape index (κ2) is 9.67. The van der Waals surface area contributed by atoms with E-state index in [0.29, 0.717) is 38.9 Å². The maximum Gasteiger partial charge on any atom is 0.261 e. The molecule has 1 amide bonds. The van der Waals surface area contributed by atoms with Crippen LogP contribution in [0.1, 0.15) is 23.2 Å². The Morgan fingerprint density at radius 3 is 2.86 bits per heavy atom. The van der Waals surface area contributed by atoms with Crippen molar-refractivity contribution in [2.45, 2.75) is 25.5 Å². The number of fused-ring (bicyclic) bond motifs is 5. The highest BCUT2D eigenvalue weighted by Crippen LogP contribution is 2.33. The van der Waals surface area contributed by atoms with Gasteiger partial charge in [-0.3, -0.25) is 19.3 Å². The Labute approximate surface area is 214 Å². The summed E-state index contributed by atoms with van der Waals surface area (Å²) in [5, 5.41) is 30.9. The zero-order valence-electron chi connectivity index (χ0n) is 19.9. The van der Waals surface area contributed by atoms with E-state index in [9.17, 15) is 14.7 Å². The molecule has 13 heteroatoms. The minimum absolute atomic E-state index is 0.178. The second-order valence-corrected chi connectivity index (χ2v) is 10.3. The van der Waals surface area contributed by atoms with E-state index in [1.165, 1.54) is 30.4 Å². The summed E-state index contributed by atoms with van der Waals surface area (Å²) in [6.45, 7) is 3.37. The summed E-state index contributed by atoms with van der Waals surface area (Å²) < 4.78 is 3.21. The number of aliphatic hydroxyl groups excluding tert-OH is 2. The molecular formula is C24H26N8O4S. The van der Waals surface area contributed by atoms with Crippen LogP contribution < -0.4 is 10.9 Å². The number of amides is 1. The highest BCUT2D eigenvalue weighted by Gasteiger charge is 2.19. The van der Waals surface area contributed by atoms with E-state index in [4.69, 9.17) is 5.11 Å². The number of aromatic amines is 1. The topological polar surface area (TPSA) is 154 Å². The van der Waals surface area contributed by atoms with Crippen molar-refractivity contribution in [3.05, 3.63) is 46.8 Å². The van der Waals surface area contributed by atoms with Gasteiger partial charge >= 0.3 is 0 Å². The Morgan fingerprint density at radius 2 is 2.05 bits per heavy atom.